The molecule has 0 atom stereocenters. The molecular formula is C9H9N3OS. The number of hydrogen-bond acceptors (Lipinski definition) is 3. The van der Waals surface area contributed by atoms with Crippen molar-refractivity contribution in [2.24, 2.45) is 9.98 Å². The highest BCUT2D eigenvalue weighted by molar-refractivity contribution is 7.80. The van der Waals surface area contributed by atoms with Crippen LogP contribution in [0.25, 0.3) is 0 Å². The smallest absolute Gasteiger partial charge is 0.219 e. The molecule has 0 amide bonds. The summed E-state index contributed by atoms with van der Waals surface area (Å²) in [5.41, 5.74) is 1.17. The topological polar surface area (TPSA) is 53.8 Å². The van der Waals surface area contributed by atoms with Crippen LogP contribution < -0.4 is 5.32 Å². The van der Waals surface area contributed by atoms with Crippen LogP contribution in [-0.2, 0) is 4.79 Å². The van der Waals surface area contributed by atoms with E-state index >= 15 is 0 Å². The van der Waals surface area contributed by atoms with Crippen LogP contribution in [-0.4, -0.2) is 35.9 Å². The van der Waals surface area contributed by atoms with Crippen molar-refractivity contribution in [1.29, 1.82) is 0 Å². The lowest BCUT2D eigenvalue weighted by molar-refractivity contribution is -0.109. The highest BCUT2D eigenvalue weighted by Crippen LogP contribution is 2.08. The summed E-state index contributed by atoms with van der Waals surface area (Å²) in [5.74, 6) is -0.0462. The van der Waals surface area contributed by atoms with Crippen molar-refractivity contribution in [1.82, 2.24) is 5.32 Å². The Bertz CT molecular complexity index is 382. The highest BCUT2D eigenvalue weighted by Gasteiger charge is 2.19. The number of ketones is 1. The standard InChI is InChI=1S/C9H9N3OS/c13-8(6-1-3-10-4-2-6)7-5-11-9(14)12-7/h1,5,10H,2-4H2. The first-order chi connectivity index (χ1) is 6.77. The third kappa shape index (κ3) is 1.83. The molecule has 0 aliphatic carbocycles. The van der Waals surface area contributed by atoms with Gasteiger partial charge in [0.1, 0.15) is 5.71 Å². The van der Waals surface area contributed by atoms with Gasteiger partial charge in [0.05, 0.1) is 6.21 Å². The van der Waals surface area contributed by atoms with Crippen LogP contribution in [0.4, 0.5) is 0 Å². The minimum absolute atomic E-state index is 0.0462. The van der Waals surface area contributed by atoms with Gasteiger partial charge in [-0.05, 0) is 25.2 Å². The summed E-state index contributed by atoms with van der Waals surface area (Å²) < 4.78 is 0. The van der Waals surface area contributed by atoms with E-state index in [0.29, 0.717) is 5.71 Å². The maximum atomic E-state index is 11.8. The van der Waals surface area contributed by atoms with Crippen LogP contribution in [0.3, 0.4) is 0 Å². The van der Waals surface area contributed by atoms with Gasteiger partial charge in [0.2, 0.25) is 10.9 Å². The fourth-order valence-electron chi connectivity index (χ4n) is 1.38. The molecule has 4 nitrogen and oxygen atoms in total. The molecule has 72 valence electrons. The number of carbonyl (C=O) groups is 1. The molecule has 2 heterocycles. The van der Waals surface area contributed by atoms with Gasteiger partial charge in [0, 0.05) is 12.1 Å². The maximum absolute atomic E-state index is 11.8. The van der Waals surface area contributed by atoms with Gasteiger partial charge in [0.25, 0.3) is 0 Å². The minimum Gasteiger partial charge on any atom is -0.313 e. The Labute approximate surface area is 86.8 Å². The zero-order chi connectivity index (χ0) is 9.97. The van der Waals surface area contributed by atoms with Gasteiger partial charge in [-0.1, -0.05) is 6.08 Å². The third-order valence-electron chi connectivity index (χ3n) is 2.10. The lowest BCUT2D eigenvalue weighted by atomic mass is 10.0. The predicted molar refractivity (Wildman–Crippen MR) is 59.1 cm³/mol. The third-order valence-corrected chi connectivity index (χ3v) is 2.30. The van der Waals surface area contributed by atoms with Gasteiger partial charge < -0.3 is 5.32 Å². The number of Topliss-reactive ketones (excluding diaryl/α,β-unsaturated/α-hetero) is 1. The van der Waals surface area contributed by atoms with E-state index in [4.69, 9.17) is 12.2 Å². The van der Waals surface area contributed by atoms with Crippen LogP contribution in [0.2, 0.25) is 0 Å². The molecule has 0 aromatic carbocycles. The van der Waals surface area contributed by atoms with Crippen LogP contribution in [0.5, 0.6) is 0 Å². The summed E-state index contributed by atoms with van der Waals surface area (Å²) in [6.45, 7) is 1.59. The molecule has 5 heteroatoms. The molecule has 0 fully saturated rings. The Morgan fingerprint density at radius 1 is 1.57 bits per heavy atom. The summed E-state index contributed by atoms with van der Waals surface area (Å²) in [5, 5.41) is 3.38. The Balaban J connectivity index is 2.16. The summed E-state index contributed by atoms with van der Waals surface area (Å²) in [6.07, 6.45) is 4.08. The molecule has 0 radical (unpaired) electrons. The first-order valence-corrected chi connectivity index (χ1v) is 4.79. The highest BCUT2D eigenvalue weighted by atomic mass is 32.1. The number of nitrogens with zero attached hydrogens (tertiary/aromatic N) is 2. The molecule has 0 saturated heterocycles. The molecule has 2 aliphatic heterocycles. The molecule has 14 heavy (non-hydrogen) atoms. The molecule has 0 aromatic heterocycles. The first kappa shape index (κ1) is 9.36. The van der Waals surface area contributed by atoms with Crippen molar-refractivity contribution in [2.45, 2.75) is 6.42 Å². The van der Waals surface area contributed by atoms with Crippen LogP contribution in [0, 0.1) is 0 Å². The van der Waals surface area contributed by atoms with Crippen LogP contribution in [0.15, 0.2) is 21.6 Å². The summed E-state index contributed by atoms with van der Waals surface area (Å²) in [4.78, 5) is 19.4. The van der Waals surface area contributed by atoms with Gasteiger partial charge in [0.15, 0.2) is 0 Å². The second-order valence-electron chi connectivity index (χ2n) is 3.05. The molecule has 2 aliphatic rings. The summed E-state index contributed by atoms with van der Waals surface area (Å²) >= 11 is 4.75. The van der Waals surface area contributed by atoms with Crippen molar-refractivity contribution in [3.05, 3.63) is 11.6 Å². The van der Waals surface area contributed by atoms with Crippen molar-refractivity contribution < 1.29 is 4.79 Å². The van der Waals surface area contributed by atoms with E-state index in [-0.39, 0.29) is 10.9 Å². The zero-order valence-electron chi connectivity index (χ0n) is 7.49. The number of hydrogen-bond donors (Lipinski definition) is 1. The quantitative estimate of drug-likeness (QED) is 0.662. The van der Waals surface area contributed by atoms with Crippen molar-refractivity contribution in [3.63, 3.8) is 0 Å². The Kier molecular flexibility index (Phi) is 2.60. The van der Waals surface area contributed by atoms with Crippen molar-refractivity contribution in [3.8, 4) is 0 Å². The number of aliphatic imine (C=N–C) groups is 2. The minimum atomic E-state index is -0.0462. The van der Waals surface area contributed by atoms with Gasteiger partial charge in [-0.15, -0.1) is 0 Å². The fraction of sp³-hybridized carbons (Fsp3) is 0.333. The van der Waals surface area contributed by atoms with E-state index in [9.17, 15) is 4.79 Å². The van der Waals surface area contributed by atoms with E-state index in [1.54, 1.807) is 0 Å². The number of nitrogens with one attached hydrogen (secondary N) is 1. The molecule has 0 spiro atoms. The van der Waals surface area contributed by atoms with Gasteiger partial charge in [-0.25, -0.2) is 9.98 Å². The predicted octanol–water partition coefficient (Wildman–Crippen LogP) is 0.286. The fourth-order valence-corrected chi connectivity index (χ4v) is 1.53. The van der Waals surface area contributed by atoms with Crippen molar-refractivity contribution in [2.75, 3.05) is 13.1 Å². The number of rotatable bonds is 2. The summed E-state index contributed by atoms with van der Waals surface area (Å²) in [7, 11) is 0. The zero-order valence-corrected chi connectivity index (χ0v) is 8.30. The molecule has 0 saturated carbocycles. The molecule has 0 bridgehead atoms. The second-order valence-corrected chi connectivity index (χ2v) is 3.42. The molecule has 0 unspecified atom stereocenters. The average molecular weight is 207 g/mol. The van der Waals surface area contributed by atoms with E-state index in [1.165, 1.54) is 6.21 Å². The second kappa shape index (κ2) is 3.89. The molecule has 1 N–H and O–H groups in total. The summed E-state index contributed by atoms with van der Waals surface area (Å²) in [6, 6.07) is 0. The molecule has 2 rings (SSSR count). The lowest BCUT2D eigenvalue weighted by Gasteiger charge is -2.11. The first-order valence-electron chi connectivity index (χ1n) is 4.38. The Hall–Kier alpha value is -1.20. The maximum Gasteiger partial charge on any atom is 0.219 e. The number of thiocarbonyl (C=S) groups is 1. The Morgan fingerprint density at radius 3 is 3.00 bits per heavy atom. The van der Waals surface area contributed by atoms with Gasteiger partial charge in [-0.2, -0.15) is 0 Å². The lowest BCUT2D eigenvalue weighted by Crippen LogP contribution is -2.26. The SMILES string of the molecule is O=C(C1=CCNCC1)C1=NC(=S)N=C1. The van der Waals surface area contributed by atoms with Crippen LogP contribution >= 0.6 is 12.2 Å². The van der Waals surface area contributed by atoms with Crippen molar-refractivity contribution >= 4 is 35.0 Å². The molecular weight excluding hydrogens is 198 g/mol. The number of carbonyl (C=O) groups excluding carboxylic acids is 1. The van der Waals surface area contributed by atoms with Gasteiger partial charge >= 0.3 is 0 Å². The monoisotopic (exact) mass is 207 g/mol. The van der Waals surface area contributed by atoms with E-state index in [2.05, 4.69) is 15.3 Å². The normalized spacial score (nSPS) is 20.7. The average Bonchev–Trinajstić information content (AvgIpc) is 2.65. The van der Waals surface area contributed by atoms with Crippen LogP contribution in [0.1, 0.15) is 6.42 Å². The van der Waals surface area contributed by atoms with Gasteiger partial charge in [-0.3, -0.25) is 4.79 Å². The largest absolute Gasteiger partial charge is 0.313 e. The molecule has 0 aromatic rings. The van der Waals surface area contributed by atoms with E-state index < -0.39 is 0 Å². The van der Waals surface area contributed by atoms with E-state index in [0.717, 1.165) is 25.1 Å². The Morgan fingerprint density at radius 2 is 2.43 bits per heavy atom. The van der Waals surface area contributed by atoms with E-state index in [1.807, 2.05) is 6.08 Å².